The summed E-state index contributed by atoms with van der Waals surface area (Å²) in [6, 6.07) is 16.8. The van der Waals surface area contributed by atoms with Gasteiger partial charge >= 0.3 is 0 Å². The number of ether oxygens (including phenoxy) is 2. The van der Waals surface area contributed by atoms with Crippen molar-refractivity contribution in [2.24, 2.45) is 0 Å². The quantitative estimate of drug-likeness (QED) is 0.348. The van der Waals surface area contributed by atoms with E-state index in [9.17, 15) is 14.0 Å². The Morgan fingerprint density at radius 1 is 1.07 bits per heavy atom. The Kier molecular flexibility index (Phi) is 8.57. The molecule has 40 heavy (non-hydrogen) atoms. The van der Waals surface area contributed by atoms with Crippen molar-refractivity contribution in [3.05, 3.63) is 88.2 Å². The van der Waals surface area contributed by atoms with Crippen molar-refractivity contribution in [2.75, 3.05) is 31.2 Å². The number of anilines is 1. The Hall–Kier alpha value is -3.62. The highest BCUT2D eigenvalue weighted by atomic mass is 35.5. The number of nitrogens with one attached hydrogen (secondary N) is 1. The van der Waals surface area contributed by atoms with Crippen LogP contribution in [0.5, 0.6) is 11.5 Å². The largest absolute Gasteiger partial charge is 0.490 e. The van der Waals surface area contributed by atoms with Crippen molar-refractivity contribution in [3.63, 3.8) is 0 Å². The van der Waals surface area contributed by atoms with Crippen LogP contribution in [0.15, 0.2) is 60.7 Å². The highest BCUT2D eigenvalue weighted by Crippen LogP contribution is 2.32. The zero-order valence-electron chi connectivity index (χ0n) is 22.7. The van der Waals surface area contributed by atoms with Gasteiger partial charge in [0.15, 0.2) is 0 Å². The summed E-state index contributed by atoms with van der Waals surface area (Å²) in [7, 11) is 0. The van der Waals surface area contributed by atoms with Gasteiger partial charge < -0.3 is 19.7 Å². The van der Waals surface area contributed by atoms with Gasteiger partial charge in [0.25, 0.3) is 0 Å². The fraction of sp³-hybridized carbons (Fsp3) is 0.355. The van der Waals surface area contributed by atoms with E-state index in [1.807, 2.05) is 11.0 Å². The molecule has 1 heterocycles. The molecule has 7 nitrogen and oxygen atoms in total. The van der Waals surface area contributed by atoms with Crippen molar-refractivity contribution >= 4 is 29.1 Å². The summed E-state index contributed by atoms with van der Waals surface area (Å²) in [6.07, 6.45) is 1.96. The molecule has 3 aromatic rings. The maximum atomic E-state index is 13.9. The van der Waals surface area contributed by atoms with E-state index >= 15 is 0 Å². The lowest BCUT2D eigenvalue weighted by atomic mass is 10.0. The first-order chi connectivity index (χ1) is 19.3. The molecule has 210 valence electrons. The summed E-state index contributed by atoms with van der Waals surface area (Å²) in [5.41, 5.74) is 4.16. The van der Waals surface area contributed by atoms with Gasteiger partial charge in [0.2, 0.25) is 11.8 Å². The zero-order valence-corrected chi connectivity index (χ0v) is 23.4. The average Bonchev–Trinajstić information content (AvgIpc) is 3.79. The summed E-state index contributed by atoms with van der Waals surface area (Å²) in [4.78, 5) is 30.6. The van der Waals surface area contributed by atoms with Crippen LogP contribution < -0.4 is 19.7 Å². The molecule has 2 amide bonds. The van der Waals surface area contributed by atoms with E-state index in [-0.39, 0.29) is 43.4 Å². The van der Waals surface area contributed by atoms with Crippen molar-refractivity contribution in [1.82, 2.24) is 10.2 Å². The topological polar surface area (TPSA) is 71.1 Å². The number of amides is 2. The van der Waals surface area contributed by atoms with E-state index in [1.54, 1.807) is 29.2 Å². The van der Waals surface area contributed by atoms with E-state index < -0.39 is 11.9 Å². The second kappa shape index (κ2) is 12.3. The van der Waals surface area contributed by atoms with Crippen molar-refractivity contribution < 1.29 is 23.5 Å². The van der Waals surface area contributed by atoms with Crippen molar-refractivity contribution in [2.45, 2.75) is 45.3 Å². The average molecular weight is 566 g/mol. The molecule has 1 aliphatic heterocycles. The first-order valence-electron chi connectivity index (χ1n) is 13.5. The van der Waals surface area contributed by atoms with Crippen LogP contribution in [0.25, 0.3) is 0 Å². The molecular weight excluding hydrogens is 533 g/mol. The van der Waals surface area contributed by atoms with Gasteiger partial charge in [-0.2, -0.15) is 0 Å². The number of carbonyl (C=O) groups is 2. The second-order valence-electron chi connectivity index (χ2n) is 10.2. The maximum Gasteiger partial charge on any atom is 0.247 e. The molecule has 3 aromatic carbocycles. The summed E-state index contributed by atoms with van der Waals surface area (Å²) in [6.45, 7) is 5.65. The number of aryl methyl sites for hydroxylation is 1. The third-order valence-corrected chi connectivity index (χ3v) is 7.74. The number of rotatable bonds is 10. The molecule has 1 saturated heterocycles. The minimum atomic E-state index is -0.636. The lowest BCUT2D eigenvalue weighted by molar-refractivity contribution is -0.136. The first-order valence-corrected chi connectivity index (χ1v) is 13.9. The monoisotopic (exact) mass is 565 g/mol. The summed E-state index contributed by atoms with van der Waals surface area (Å²) in [5, 5.41) is 3.44. The normalized spacial score (nSPS) is 17.1. The Balaban J connectivity index is 1.25. The third kappa shape index (κ3) is 6.40. The smallest absolute Gasteiger partial charge is 0.247 e. The molecule has 1 aliphatic carbocycles. The molecule has 1 saturated carbocycles. The zero-order chi connectivity index (χ0) is 28.2. The van der Waals surface area contributed by atoms with Gasteiger partial charge in [-0.05, 0) is 79.8 Å². The van der Waals surface area contributed by atoms with Gasteiger partial charge in [0, 0.05) is 30.9 Å². The van der Waals surface area contributed by atoms with Gasteiger partial charge in [-0.1, -0.05) is 29.8 Å². The van der Waals surface area contributed by atoms with Crippen LogP contribution in [-0.2, 0) is 16.1 Å². The third-order valence-electron chi connectivity index (χ3n) is 7.43. The van der Waals surface area contributed by atoms with Gasteiger partial charge in [-0.3, -0.25) is 14.5 Å². The minimum absolute atomic E-state index is 0.0440. The standard InChI is InChI=1S/C31H33ClFN3O4/c1-20-4-3-5-22(21(20)2)19-35(24-7-8-24)31(38)28-17-34-18-30(37)36(28)25-9-11-26(12-10-25)39-14-15-40-29-16-23(33)6-13-27(29)32/h3-6,9-13,16,24,28,34H,7-8,14-15,17-19H2,1-2H3/t28-/m1/s1. The second-order valence-corrected chi connectivity index (χ2v) is 10.6. The molecule has 1 N–H and O–H groups in total. The molecule has 1 atom stereocenters. The number of halogens is 2. The summed E-state index contributed by atoms with van der Waals surface area (Å²) >= 11 is 6.03. The van der Waals surface area contributed by atoms with E-state index in [2.05, 4.69) is 31.3 Å². The molecule has 2 aliphatic rings. The number of piperazine rings is 1. The van der Waals surface area contributed by atoms with Gasteiger partial charge in [0.05, 0.1) is 11.6 Å². The van der Waals surface area contributed by atoms with Crippen LogP contribution in [0.2, 0.25) is 5.02 Å². The molecule has 2 fully saturated rings. The highest BCUT2D eigenvalue weighted by Gasteiger charge is 2.41. The van der Waals surface area contributed by atoms with Crippen LogP contribution in [0.4, 0.5) is 10.1 Å². The van der Waals surface area contributed by atoms with E-state index in [4.69, 9.17) is 21.1 Å². The molecule has 0 aromatic heterocycles. The number of hydrogen-bond donors (Lipinski definition) is 1. The number of benzene rings is 3. The van der Waals surface area contributed by atoms with Crippen LogP contribution in [0.1, 0.15) is 29.5 Å². The van der Waals surface area contributed by atoms with Crippen molar-refractivity contribution in [1.29, 1.82) is 0 Å². The van der Waals surface area contributed by atoms with Crippen molar-refractivity contribution in [3.8, 4) is 11.5 Å². The fourth-order valence-electron chi connectivity index (χ4n) is 4.92. The maximum absolute atomic E-state index is 13.9. The first kappa shape index (κ1) is 27.9. The van der Waals surface area contributed by atoms with Crippen LogP contribution in [-0.4, -0.2) is 55.1 Å². The molecule has 9 heteroatoms. The van der Waals surface area contributed by atoms with Crippen LogP contribution in [0.3, 0.4) is 0 Å². The number of carbonyl (C=O) groups excluding carboxylic acids is 2. The Bertz CT molecular complexity index is 1380. The molecule has 0 spiro atoms. The predicted octanol–water partition coefficient (Wildman–Crippen LogP) is 5.05. The van der Waals surface area contributed by atoms with E-state index in [0.29, 0.717) is 29.5 Å². The molecule has 0 unspecified atom stereocenters. The van der Waals surface area contributed by atoms with Gasteiger partial charge in [0.1, 0.15) is 36.6 Å². The van der Waals surface area contributed by atoms with Gasteiger partial charge in [-0.25, -0.2) is 4.39 Å². The van der Waals surface area contributed by atoms with Gasteiger partial charge in [-0.15, -0.1) is 0 Å². The summed E-state index contributed by atoms with van der Waals surface area (Å²) in [5.74, 6) is 0.211. The minimum Gasteiger partial charge on any atom is -0.490 e. The Labute approximate surface area is 238 Å². The predicted molar refractivity (Wildman–Crippen MR) is 152 cm³/mol. The summed E-state index contributed by atoms with van der Waals surface area (Å²) < 4.78 is 24.7. The Morgan fingerprint density at radius 3 is 2.58 bits per heavy atom. The van der Waals surface area contributed by atoms with E-state index in [0.717, 1.165) is 18.4 Å². The lowest BCUT2D eigenvalue weighted by Gasteiger charge is -2.38. The SMILES string of the molecule is Cc1cccc(CN(C(=O)[C@H]2CNCC(=O)N2c2ccc(OCCOc3cc(F)ccc3Cl)cc2)C2CC2)c1C. The molecular formula is C31H33ClFN3O4. The Morgan fingerprint density at radius 2 is 1.82 bits per heavy atom. The van der Waals surface area contributed by atoms with Crippen LogP contribution in [0, 0.1) is 19.7 Å². The number of nitrogens with zero attached hydrogens (tertiary/aromatic N) is 2. The molecule has 0 bridgehead atoms. The number of hydrogen-bond acceptors (Lipinski definition) is 5. The fourth-order valence-corrected chi connectivity index (χ4v) is 5.09. The van der Waals surface area contributed by atoms with E-state index in [1.165, 1.54) is 29.3 Å². The highest BCUT2D eigenvalue weighted by molar-refractivity contribution is 6.32. The lowest BCUT2D eigenvalue weighted by Crippen LogP contribution is -2.61. The molecule has 0 radical (unpaired) electrons. The molecule has 5 rings (SSSR count). The van der Waals surface area contributed by atoms with Crippen LogP contribution >= 0.6 is 11.6 Å².